The third-order valence-corrected chi connectivity index (χ3v) is 3.51. The second kappa shape index (κ2) is 6.47. The molecule has 2 rings (SSSR count). The maximum Gasteiger partial charge on any atom is 0.251 e. The minimum atomic E-state index is -0.0788. The molecule has 0 fully saturated rings. The molecule has 0 atom stereocenters. The Labute approximate surface area is 122 Å². The number of hydrogen-bond donors (Lipinski definition) is 2. The van der Waals surface area contributed by atoms with Gasteiger partial charge in [-0.2, -0.15) is 4.37 Å². The number of carbonyl (C=O) groups is 1. The first kappa shape index (κ1) is 14.5. The van der Waals surface area contributed by atoms with Gasteiger partial charge in [0, 0.05) is 36.6 Å². The summed E-state index contributed by atoms with van der Waals surface area (Å²) in [6.07, 6.45) is 0. The van der Waals surface area contributed by atoms with Crippen molar-refractivity contribution in [3.8, 4) is 0 Å². The fourth-order valence-corrected chi connectivity index (χ4v) is 2.39. The van der Waals surface area contributed by atoms with E-state index in [0.29, 0.717) is 18.0 Å². The fraction of sp³-hybridized carbons (Fsp3) is 0.357. The first-order valence-corrected chi connectivity index (χ1v) is 7.26. The highest BCUT2D eigenvalue weighted by Gasteiger charge is 2.08. The van der Waals surface area contributed by atoms with Crippen LogP contribution < -0.4 is 10.6 Å². The summed E-state index contributed by atoms with van der Waals surface area (Å²) in [5.41, 5.74) is 1.69. The molecule has 0 bridgehead atoms. The van der Waals surface area contributed by atoms with Gasteiger partial charge in [-0.15, -0.1) is 0 Å². The van der Waals surface area contributed by atoms with Gasteiger partial charge in [-0.3, -0.25) is 4.79 Å². The molecule has 0 spiro atoms. The van der Waals surface area contributed by atoms with Crippen molar-refractivity contribution in [1.29, 1.82) is 0 Å². The largest absolute Gasteiger partial charge is 0.356 e. The smallest absolute Gasteiger partial charge is 0.251 e. The van der Waals surface area contributed by atoms with Crippen molar-refractivity contribution >= 4 is 22.6 Å². The molecule has 2 N–H and O–H groups in total. The van der Waals surface area contributed by atoms with Crippen molar-refractivity contribution in [3.63, 3.8) is 0 Å². The summed E-state index contributed by atoms with van der Waals surface area (Å²) in [4.78, 5) is 16.0. The van der Waals surface area contributed by atoms with E-state index in [-0.39, 0.29) is 5.91 Å². The van der Waals surface area contributed by atoms with Crippen LogP contribution in [-0.2, 0) is 6.54 Å². The van der Waals surface area contributed by atoms with E-state index in [4.69, 9.17) is 0 Å². The highest BCUT2D eigenvalue weighted by molar-refractivity contribution is 7.09. The van der Waals surface area contributed by atoms with Crippen molar-refractivity contribution in [2.24, 2.45) is 0 Å². The molecule has 1 aromatic carbocycles. The van der Waals surface area contributed by atoms with E-state index in [0.717, 1.165) is 16.5 Å². The first-order chi connectivity index (χ1) is 9.60. The molecule has 1 heterocycles. The van der Waals surface area contributed by atoms with Crippen LogP contribution in [0.2, 0.25) is 0 Å². The molecule has 0 saturated carbocycles. The molecule has 0 radical (unpaired) electrons. The van der Waals surface area contributed by atoms with E-state index >= 15 is 0 Å². The predicted molar refractivity (Wildman–Crippen MR) is 81.2 cm³/mol. The van der Waals surface area contributed by atoms with Crippen LogP contribution in [0.25, 0.3) is 0 Å². The maximum atomic E-state index is 11.6. The molecule has 5 nitrogen and oxygen atoms in total. The molecular formula is C14H18N4OS. The van der Waals surface area contributed by atoms with E-state index in [1.165, 1.54) is 11.5 Å². The van der Waals surface area contributed by atoms with Crippen molar-refractivity contribution in [2.45, 2.75) is 26.3 Å². The number of aromatic nitrogens is 2. The Bertz CT molecular complexity index is 594. The van der Waals surface area contributed by atoms with Crippen LogP contribution in [0.3, 0.4) is 0 Å². The average molecular weight is 290 g/mol. The van der Waals surface area contributed by atoms with Gasteiger partial charge in [0.1, 0.15) is 5.82 Å². The van der Waals surface area contributed by atoms with Gasteiger partial charge in [-0.05, 0) is 17.7 Å². The van der Waals surface area contributed by atoms with E-state index < -0.39 is 0 Å². The fourth-order valence-electron chi connectivity index (χ4n) is 1.69. The lowest BCUT2D eigenvalue weighted by Crippen LogP contribution is -2.17. The van der Waals surface area contributed by atoms with E-state index in [1.807, 2.05) is 18.2 Å². The van der Waals surface area contributed by atoms with Crippen molar-refractivity contribution in [2.75, 3.05) is 12.4 Å². The van der Waals surface area contributed by atoms with E-state index in [9.17, 15) is 4.79 Å². The van der Waals surface area contributed by atoms with Crippen LogP contribution in [0, 0.1) is 0 Å². The Morgan fingerprint density at radius 3 is 2.85 bits per heavy atom. The monoisotopic (exact) mass is 290 g/mol. The lowest BCUT2D eigenvalue weighted by Gasteiger charge is -2.05. The number of nitrogens with zero attached hydrogens (tertiary/aromatic N) is 2. The highest BCUT2D eigenvalue weighted by atomic mass is 32.1. The van der Waals surface area contributed by atoms with Crippen LogP contribution in [0.15, 0.2) is 24.3 Å². The van der Waals surface area contributed by atoms with E-state index in [1.54, 1.807) is 13.1 Å². The zero-order valence-electron chi connectivity index (χ0n) is 11.8. The summed E-state index contributed by atoms with van der Waals surface area (Å²) in [5, 5.41) is 6.66. The van der Waals surface area contributed by atoms with Crippen LogP contribution in [0.4, 0.5) is 5.13 Å². The molecule has 0 saturated heterocycles. The van der Waals surface area contributed by atoms with Gasteiger partial charge in [-0.25, -0.2) is 4.98 Å². The zero-order chi connectivity index (χ0) is 14.5. The van der Waals surface area contributed by atoms with Crippen LogP contribution in [-0.4, -0.2) is 22.3 Å². The minimum absolute atomic E-state index is 0.0788. The highest BCUT2D eigenvalue weighted by Crippen LogP contribution is 2.18. The Morgan fingerprint density at radius 1 is 1.40 bits per heavy atom. The van der Waals surface area contributed by atoms with Gasteiger partial charge in [0.05, 0.1) is 0 Å². The molecule has 6 heteroatoms. The molecule has 106 valence electrons. The molecule has 2 aromatic rings. The second-order valence-corrected chi connectivity index (χ2v) is 5.50. The number of anilines is 1. The molecule has 0 aliphatic rings. The van der Waals surface area contributed by atoms with Crippen LogP contribution >= 0.6 is 11.5 Å². The Morgan fingerprint density at radius 2 is 2.20 bits per heavy atom. The summed E-state index contributed by atoms with van der Waals surface area (Å²) in [7, 11) is 1.63. The molecule has 1 amide bonds. The van der Waals surface area contributed by atoms with E-state index in [2.05, 4.69) is 33.8 Å². The van der Waals surface area contributed by atoms with Gasteiger partial charge in [0.2, 0.25) is 5.13 Å². The minimum Gasteiger partial charge on any atom is -0.356 e. The van der Waals surface area contributed by atoms with Crippen molar-refractivity contribution in [1.82, 2.24) is 14.7 Å². The van der Waals surface area contributed by atoms with Gasteiger partial charge >= 0.3 is 0 Å². The predicted octanol–water partition coefficient (Wildman–Crippen LogP) is 2.63. The molecule has 0 aliphatic heterocycles. The lowest BCUT2D eigenvalue weighted by atomic mass is 10.1. The summed E-state index contributed by atoms with van der Waals surface area (Å²) in [5.74, 6) is 1.11. The lowest BCUT2D eigenvalue weighted by molar-refractivity contribution is 0.0963. The quantitative estimate of drug-likeness (QED) is 0.888. The summed E-state index contributed by atoms with van der Waals surface area (Å²) in [6.45, 7) is 4.76. The third-order valence-electron chi connectivity index (χ3n) is 2.82. The van der Waals surface area contributed by atoms with Gasteiger partial charge in [0.15, 0.2) is 0 Å². The number of amides is 1. The standard InChI is InChI=1S/C14H18N4OS/c1-9(2)12-17-14(20-18-12)16-8-10-5-4-6-11(7-10)13(19)15-3/h4-7,9H,8H2,1-3H3,(H,15,19)(H,16,17,18). The molecule has 0 unspecified atom stereocenters. The summed E-state index contributed by atoms with van der Waals surface area (Å²) >= 11 is 1.36. The third kappa shape index (κ3) is 3.54. The average Bonchev–Trinajstić information content (AvgIpc) is 2.93. The number of rotatable bonds is 5. The van der Waals surface area contributed by atoms with Gasteiger partial charge in [-0.1, -0.05) is 26.0 Å². The number of carbonyl (C=O) groups excluding carboxylic acids is 1. The number of nitrogens with one attached hydrogen (secondary N) is 2. The Balaban J connectivity index is 2.01. The zero-order valence-corrected chi connectivity index (χ0v) is 12.6. The topological polar surface area (TPSA) is 66.9 Å². The van der Waals surface area contributed by atoms with Crippen molar-refractivity contribution in [3.05, 3.63) is 41.2 Å². The van der Waals surface area contributed by atoms with Crippen LogP contribution in [0.1, 0.15) is 41.5 Å². The van der Waals surface area contributed by atoms with Gasteiger partial charge < -0.3 is 10.6 Å². The van der Waals surface area contributed by atoms with Gasteiger partial charge in [0.25, 0.3) is 5.91 Å². The maximum absolute atomic E-state index is 11.6. The molecular weight excluding hydrogens is 272 g/mol. The number of hydrogen-bond acceptors (Lipinski definition) is 5. The normalized spacial score (nSPS) is 10.6. The SMILES string of the molecule is CNC(=O)c1cccc(CNc2nc(C(C)C)ns2)c1. The molecule has 1 aromatic heterocycles. The summed E-state index contributed by atoms with van der Waals surface area (Å²) in [6, 6.07) is 7.52. The first-order valence-electron chi connectivity index (χ1n) is 6.48. The summed E-state index contributed by atoms with van der Waals surface area (Å²) < 4.78 is 4.29. The Hall–Kier alpha value is -1.95. The number of benzene rings is 1. The Kier molecular flexibility index (Phi) is 4.68. The van der Waals surface area contributed by atoms with Crippen molar-refractivity contribution < 1.29 is 4.79 Å². The molecule has 20 heavy (non-hydrogen) atoms. The second-order valence-electron chi connectivity index (χ2n) is 4.75. The van der Waals surface area contributed by atoms with Crippen LogP contribution in [0.5, 0.6) is 0 Å². The molecule has 0 aliphatic carbocycles.